The molecule has 1 heterocycles. The predicted molar refractivity (Wildman–Crippen MR) is 115 cm³/mol. The summed E-state index contributed by atoms with van der Waals surface area (Å²) in [6, 6.07) is 16.6. The molecule has 0 bridgehead atoms. The third kappa shape index (κ3) is 8.14. The Morgan fingerprint density at radius 3 is 2.30 bits per heavy atom. The molecule has 0 aliphatic rings. The van der Waals surface area contributed by atoms with Gasteiger partial charge >= 0.3 is 33.5 Å². The van der Waals surface area contributed by atoms with Gasteiger partial charge in [0.25, 0.3) is 0 Å². The fourth-order valence-corrected chi connectivity index (χ4v) is 2.91. The minimum atomic E-state index is -0.181. The fourth-order valence-electron chi connectivity index (χ4n) is 2.91. The normalized spacial score (nSPS) is 12.5. The summed E-state index contributed by atoms with van der Waals surface area (Å²) in [5.74, 6) is 0. The van der Waals surface area contributed by atoms with Crippen molar-refractivity contribution >= 4 is 20.1 Å². The third-order valence-corrected chi connectivity index (χ3v) is 4.52. The molecule has 1 aromatic heterocycles. The molecule has 27 heavy (non-hydrogen) atoms. The Hall–Kier alpha value is -0.558. The summed E-state index contributed by atoms with van der Waals surface area (Å²) in [4.78, 5) is 7.21. The van der Waals surface area contributed by atoms with Crippen LogP contribution in [0.2, 0.25) is 0 Å². The molecule has 2 nitrogen and oxygen atoms in total. The van der Waals surface area contributed by atoms with Crippen LogP contribution in [0, 0.1) is 6.07 Å². The van der Waals surface area contributed by atoms with Crippen molar-refractivity contribution in [3.63, 3.8) is 0 Å². The van der Waals surface area contributed by atoms with E-state index in [1.165, 1.54) is 18.4 Å². The van der Waals surface area contributed by atoms with E-state index in [9.17, 15) is 0 Å². The van der Waals surface area contributed by atoms with Gasteiger partial charge in [-0.25, -0.2) is 0 Å². The SMILES string of the molecule is CCCCC(c1cccc(-c2[c-]cc(C(C)(C)C)cc2)n1)N(C)C.[Cl][Cr][Cl]. The van der Waals surface area contributed by atoms with Crippen molar-refractivity contribution in [2.24, 2.45) is 0 Å². The number of unbranched alkanes of at least 4 members (excludes halogenated alkanes) is 1. The van der Waals surface area contributed by atoms with Gasteiger partial charge in [-0.05, 0) is 37.7 Å². The minimum absolute atomic E-state index is 0.153. The molecular formula is C22H31Cl2CrN2-. The van der Waals surface area contributed by atoms with E-state index in [2.05, 4.69) is 89.2 Å². The second-order valence-electron chi connectivity index (χ2n) is 7.87. The van der Waals surface area contributed by atoms with Crippen molar-refractivity contribution in [2.45, 2.75) is 58.4 Å². The van der Waals surface area contributed by atoms with Crippen molar-refractivity contribution in [2.75, 3.05) is 14.1 Å². The van der Waals surface area contributed by atoms with E-state index in [1.54, 1.807) is 0 Å². The van der Waals surface area contributed by atoms with Crippen LogP contribution in [0.15, 0.2) is 36.4 Å². The van der Waals surface area contributed by atoms with Crippen LogP contribution in [0.25, 0.3) is 11.3 Å². The molecule has 2 rings (SSSR count). The van der Waals surface area contributed by atoms with E-state index in [0.29, 0.717) is 6.04 Å². The van der Waals surface area contributed by atoms with Gasteiger partial charge < -0.3 is 4.90 Å². The van der Waals surface area contributed by atoms with Crippen molar-refractivity contribution in [3.8, 4) is 11.3 Å². The fraction of sp³-hybridized carbons (Fsp3) is 0.500. The number of aromatic nitrogens is 1. The van der Waals surface area contributed by atoms with Crippen LogP contribution >= 0.6 is 20.1 Å². The van der Waals surface area contributed by atoms with Gasteiger partial charge in [0.05, 0.1) is 6.04 Å². The molecule has 0 radical (unpaired) electrons. The molecular weight excluding hydrogens is 415 g/mol. The van der Waals surface area contributed by atoms with Crippen LogP contribution in [0.4, 0.5) is 0 Å². The van der Waals surface area contributed by atoms with Gasteiger partial charge in [-0.15, -0.1) is 35.4 Å². The van der Waals surface area contributed by atoms with Crippen molar-refractivity contribution in [1.29, 1.82) is 0 Å². The van der Waals surface area contributed by atoms with Crippen LogP contribution in [0.1, 0.15) is 64.3 Å². The van der Waals surface area contributed by atoms with Gasteiger partial charge in [0, 0.05) is 5.69 Å². The molecule has 0 saturated carbocycles. The van der Waals surface area contributed by atoms with E-state index in [-0.39, 0.29) is 18.8 Å². The average molecular weight is 446 g/mol. The molecule has 0 saturated heterocycles. The van der Waals surface area contributed by atoms with Gasteiger partial charge in [0.2, 0.25) is 0 Å². The molecule has 0 spiro atoms. The third-order valence-electron chi connectivity index (χ3n) is 4.52. The predicted octanol–water partition coefficient (Wildman–Crippen LogP) is 7.02. The summed E-state index contributed by atoms with van der Waals surface area (Å²) in [5.41, 5.74) is 4.69. The van der Waals surface area contributed by atoms with Crippen LogP contribution in [0.3, 0.4) is 0 Å². The zero-order valence-corrected chi connectivity index (χ0v) is 20.0. The van der Waals surface area contributed by atoms with E-state index in [0.717, 1.165) is 23.4 Å². The second-order valence-corrected chi connectivity index (χ2v) is 9.97. The van der Waals surface area contributed by atoms with Crippen molar-refractivity contribution in [1.82, 2.24) is 9.88 Å². The summed E-state index contributed by atoms with van der Waals surface area (Å²) in [7, 11) is 13.9. The first-order valence-corrected chi connectivity index (χ1v) is 12.8. The summed E-state index contributed by atoms with van der Waals surface area (Å²) >= 11 is -0.181. The molecule has 1 atom stereocenters. The van der Waals surface area contributed by atoms with Gasteiger partial charge in [0.15, 0.2) is 0 Å². The Labute approximate surface area is 180 Å². The monoisotopic (exact) mass is 445 g/mol. The molecule has 2 aromatic rings. The summed E-state index contributed by atoms with van der Waals surface area (Å²) in [6.07, 6.45) is 3.58. The molecule has 0 aliphatic carbocycles. The molecule has 1 unspecified atom stereocenters. The molecule has 0 N–H and O–H groups in total. The molecule has 5 heteroatoms. The van der Waals surface area contributed by atoms with Crippen LogP contribution in [0.5, 0.6) is 0 Å². The maximum absolute atomic E-state index is 4.94. The van der Waals surface area contributed by atoms with Crippen molar-refractivity contribution in [3.05, 3.63) is 53.7 Å². The van der Waals surface area contributed by atoms with Crippen LogP contribution in [-0.4, -0.2) is 24.0 Å². The van der Waals surface area contributed by atoms with E-state index < -0.39 is 0 Å². The maximum atomic E-state index is 4.94. The van der Waals surface area contributed by atoms with Gasteiger partial charge in [-0.1, -0.05) is 52.7 Å². The second kappa shape index (κ2) is 12.1. The Bertz CT molecular complexity index is 667. The Morgan fingerprint density at radius 2 is 1.81 bits per heavy atom. The molecule has 0 aliphatic heterocycles. The summed E-state index contributed by atoms with van der Waals surface area (Å²) in [6.45, 7) is 8.92. The van der Waals surface area contributed by atoms with Gasteiger partial charge in [-0.3, -0.25) is 4.98 Å². The quantitative estimate of drug-likeness (QED) is 0.444. The Balaban J connectivity index is 0.00000114. The van der Waals surface area contributed by atoms with E-state index in [1.807, 2.05) is 0 Å². The number of benzene rings is 1. The van der Waals surface area contributed by atoms with E-state index in [4.69, 9.17) is 25.1 Å². The van der Waals surface area contributed by atoms with E-state index >= 15 is 0 Å². The average Bonchev–Trinajstić information content (AvgIpc) is 2.62. The van der Waals surface area contributed by atoms with Gasteiger partial charge in [-0.2, -0.15) is 0 Å². The standard InChI is InChI=1S/C22H31N2.2ClH.Cr/c1-7-8-12-21(24(5)6)20-11-9-10-19(23-20)17-13-15-18(16-14-17)22(2,3)4;;;/h9-11,13,15-16,21H,7-8,12H2,1-6H3;2*1H;/q-1;;;+2/p-2. The van der Waals surface area contributed by atoms with Crippen LogP contribution in [-0.2, 0) is 18.8 Å². The number of pyridine rings is 1. The zero-order chi connectivity index (χ0) is 20.4. The molecule has 150 valence electrons. The zero-order valence-electron chi connectivity index (χ0n) is 17.2. The Kier molecular flexibility index (Phi) is 11.0. The van der Waals surface area contributed by atoms with Crippen LogP contribution < -0.4 is 0 Å². The molecule has 0 fully saturated rings. The first-order valence-electron chi connectivity index (χ1n) is 9.29. The van der Waals surface area contributed by atoms with Gasteiger partial charge in [0.1, 0.15) is 0 Å². The first kappa shape index (κ1) is 24.5. The summed E-state index contributed by atoms with van der Waals surface area (Å²) < 4.78 is 0. The van der Waals surface area contributed by atoms with Crippen molar-refractivity contribution < 1.29 is 13.4 Å². The first-order chi connectivity index (χ1) is 12.7. The number of rotatable bonds is 6. The summed E-state index contributed by atoms with van der Waals surface area (Å²) in [5, 5.41) is 0. The number of hydrogen-bond acceptors (Lipinski definition) is 2. The topological polar surface area (TPSA) is 16.1 Å². The number of nitrogens with zero attached hydrogens (tertiary/aromatic N) is 2. The molecule has 1 aromatic carbocycles. The Morgan fingerprint density at radius 1 is 1.15 bits per heavy atom. The molecule has 0 amide bonds. The number of halogens is 2. The number of hydrogen-bond donors (Lipinski definition) is 0.